The Balaban J connectivity index is 2.12. The standard InChI is InChI=1S/C15H24ClN3O2/c1-2-6-18-10-12(16)9-14(18)15(21)19(7-8-20)11-13-4-3-5-17-13/h9-10,13,17,20H,2-8,11H2,1H3. The summed E-state index contributed by atoms with van der Waals surface area (Å²) in [4.78, 5) is 14.5. The molecule has 2 N–H and O–H groups in total. The third-order valence-corrected chi connectivity index (χ3v) is 4.01. The molecule has 6 heteroatoms. The summed E-state index contributed by atoms with van der Waals surface area (Å²) in [5.74, 6) is -0.0573. The molecule has 2 heterocycles. The molecule has 1 aliphatic heterocycles. The number of aryl methyl sites for hydroxylation is 1. The van der Waals surface area contributed by atoms with Gasteiger partial charge in [0, 0.05) is 31.9 Å². The van der Waals surface area contributed by atoms with E-state index >= 15 is 0 Å². The molecular formula is C15H24ClN3O2. The Hall–Kier alpha value is -1.04. The number of aromatic nitrogens is 1. The van der Waals surface area contributed by atoms with E-state index < -0.39 is 0 Å². The molecule has 0 bridgehead atoms. The van der Waals surface area contributed by atoms with Gasteiger partial charge in [0.25, 0.3) is 5.91 Å². The van der Waals surface area contributed by atoms with Gasteiger partial charge >= 0.3 is 0 Å². The number of carbonyl (C=O) groups excluding carboxylic acids is 1. The Morgan fingerprint density at radius 1 is 1.62 bits per heavy atom. The van der Waals surface area contributed by atoms with Crippen molar-refractivity contribution >= 4 is 17.5 Å². The fourth-order valence-electron chi connectivity index (χ4n) is 2.82. The van der Waals surface area contributed by atoms with Crippen LogP contribution >= 0.6 is 11.6 Å². The van der Waals surface area contributed by atoms with E-state index in [-0.39, 0.29) is 12.5 Å². The second-order valence-electron chi connectivity index (χ2n) is 5.51. The molecule has 1 aromatic rings. The molecule has 0 radical (unpaired) electrons. The Bertz CT molecular complexity index is 469. The normalized spacial score (nSPS) is 18.1. The summed E-state index contributed by atoms with van der Waals surface area (Å²) in [7, 11) is 0. The van der Waals surface area contributed by atoms with Crippen LogP contribution in [0.2, 0.25) is 5.02 Å². The summed E-state index contributed by atoms with van der Waals surface area (Å²) in [5.41, 5.74) is 0.605. The van der Waals surface area contributed by atoms with Crippen molar-refractivity contribution in [3.05, 3.63) is 23.0 Å². The van der Waals surface area contributed by atoms with Crippen molar-refractivity contribution in [2.45, 2.75) is 38.8 Å². The van der Waals surface area contributed by atoms with Gasteiger partial charge in [-0.05, 0) is 31.9 Å². The third-order valence-electron chi connectivity index (χ3n) is 3.81. The van der Waals surface area contributed by atoms with Crippen molar-refractivity contribution in [3.8, 4) is 0 Å². The van der Waals surface area contributed by atoms with Crippen LogP contribution in [0.25, 0.3) is 0 Å². The third kappa shape index (κ3) is 4.22. The van der Waals surface area contributed by atoms with Crippen LogP contribution in [0.4, 0.5) is 0 Å². The quantitative estimate of drug-likeness (QED) is 0.806. The molecule has 1 aromatic heterocycles. The van der Waals surface area contributed by atoms with Crippen LogP contribution in [0.15, 0.2) is 12.3 Å². The van der Waals surface area contributed by atoms with Gasteiger partial charge < -0.3 is 19.9 Å². The van der Waals surface area contributed by atoms with Crippen molar-refractivity contribution in [1.29, 1.82) is 0 Å². The highest BCUT2D eigenvalue weighted by molar-refractivity contribution is 6.31. The van der Waals surface area contributed by atoms with Crippen molar-refractivity contribution in [2.24, 2.45) is 0 Å². The fourth-order valence-corrected chi connectivity index (χ4v) is 3.04. The second kappa shape index (κ2) is 7.82. The monoisotopic (exact) mass is 313 g/mol. The highest BCUT2D eigenvalue weighted by Gasteiger charge is 2.24. The SMILES string of the molecule is CCCn1cc(Cl)cc1C(=O)N(CCO)CC1CCCN1. The molecule has 0 aliphatic carbocycles. The van der Waals surface area contributed by atoms with Gasteiger partial charge in [0.1, 0.15) is 5.69 Å². The number of amides is 1. The lowest BCUT2D eigenvalue weighted by Crippen LogP contribution is -2.43. The lowest BCUT2D eigenvalue weighted by atomic mass is 10.2. The topological polar surface area (TPSA) is 57.5 Å². The van der Waals surface area contributed by atoms with E-state index in [1.54, 1.807) is 17.2 Å². The number of nitrogens with one attached hydrogen (secondary N) is 1. The zero-order valence-corrected chi connectivity index (χ0v) is 13.3. The first-order valence-corrected chi connectivity index (χ1v) is 8.02. The van der Waals surface area contributed by atoms with Crippen LogP contribution in [-0.2, 0) is 6.54 Å². The van der Waals surface area contributed by atoms with Gasteiger partial charge in [0.2, 0.25) is 0 Å². The van der Waals surface area contributed by atoms with Crippen LogP contribution in [0.1, 0.15) is 36.7 Å². The van der Waals surface area contributed by atoms with Crippen molar-refractivity contribution in [3.63, 3.8) is 0 Å². The Labute approximate surface area is 130 Å². The highest BCUT2D eigenvalue weighted by Crippen LogP contribution is 2.17. The minimum absolute atomic E-state index is 0.0271. The largest absolute Gasteiger partial charge is 0.395 e. The smallest absolute Gasteiger partial charge is 0.270 e. The van der Waals surface area contributed by atoms with E-state index in [9.17, 15) is 9.90 Å². The predicted molar refractivity (Wildman–Crippen MR) is 83.7 cm³/mol. The fraction of sp³-hybridized carbons (Fsp3) is 0.667. The first kappa shape index (κ1) is 16.3. The molecule has 0 saturated carbocycles. The summed E-state index contributed by atoms with van der Waals surface area (Å²) >= 11 is 6.04. The molecule has 2 rings (SSSR count). The van der Waals surface area contributed by atoms with E-state index in [1.165, 1.54) is 0 Å². The van der Waals surface area contributed by atoms with Gasteiger partial charge in [-0.15, -0.1) is 0 Å². The van der Waals surface area contributed by atoms with Gasteiger partial charge in [0.15, 0.2) is 0 Å². The van der Waals surface area contributed by atoms with E-state index in [2.05, 4.69) is 12.2 Å². The number of carbonyl (C=O) groups is 1. The minimum Gasteiger partial charge on any atom is -0.395 e. The molecule has 0 spiro atoms. The first-order valence-electron chi connectivity index (χ1n) is 7.65. The summed E-state index contributed by atoms with van der Waals surface area (Å²) in [5, 5.41) is 13.2. The number of halogens is 1. The summed E-state index contributed by atoms with van der Waals surface area (Å²) in [6, 6.07) is 2.04. The van der Waals surface area contributed by atoms with Crippen LogP contribution in [0, 0.1) is 0 Å². The lowest BCUT2D eigenvalue weighted by molar-refractivity contribution is 0.0695. The minimum atomic E-state index is -0.0573. The average Bonchev–Trinajstić information content (AvgIpc) is 3.08. The van der Waals surface area contributed by atoms with Gasteiger partial charge in [0.05, 0.1) is 11.6 Å². The van der Waals surface area contributed by atoms with Crippen molar-refractivity contribution < 1.29 is 9.90 Å². The molecule has 1 fully saturated rings. The molecular weight excluding hydrogens is 290 g/mol. The second-order valence-corrected chi connectivity index (χ2v) is 5.94. The summed E-state index contributed by atoms with van der Waals surface area (Å²) < 4.78 is 1.90. The molecule has 1 aliphatic rings. The van der Waals surface area contributed by atoms with E-state index in [0.29, 0.717) is 29.8 Å². The van der Waals surface area contributed by atoms with Gasteiger partial charge in [-0.1, -0.05) is 18.5 Å². The summed E-state index contributed by atoms with van der Waals surface area (Å²) in [6.45, 7) is 4.79. The molecule has 0 aromatic carbocycles. The van der Waals surface area contributed by atoms with Crippen LogP contribution in [-0.4, -0.2) is 52.8 Å². The van der Waals surface area contributed by atoms with Gasteiger partial charge in [-0.25, -0.2) is 0 Å². The molecule has 21 heavy (non-hydrogen) atoms. The maximum absolute atomic E-state index is 12.7. The Kier molecular flexibility index (Phi) is 6.08. The highest BCUT2D eigenvalue weighted by atomic mass is 35.5. The zero-order valence-electron chi connectivity index (χ0n) is 12.5. The molecule has 1 atom stereocenters. The molecule has 1 saturated heterocycles. The van der Waals surface area contributed by atoms with E-state index in [4.69, 9.17) is 11.6 Å². The molecule has 1 unspecified atom stereocenters. The van der Waals surface area contributed by atoms with E-state index in [1.807, 2.05) is 4.57 Å². The number of rotatable bonds is 7. The van der Waals surface area contributed by atoms with Crippen LogP contribution in [0.3, 0.4) is 0 Å². The number of nitrogens with zero attached hydrogens (tertiary/aromatic N) is 2. The van der Waals surface area contributed by atoms with Gasteiger partial charge in [-0.2, -0.15) is 0 Å². The Morgan fingerprint density at radius 3 is 3.05 bits per heavy atom. The average molecular weight is 314 g/mol. The Morgan fingerprint density at radius 2 is 2.43 bits per heavy atom. The van der Waals surface area contributed by atoms with Crippen molar-refractivity contribution in [2.75, 3.05) is 26.2 Å². The van der Waals surface area contributed by atoms with Gasteiger partial charge in [-0.3, -0.25) is 4.79 Å². The van der Waals surface area contributed by atoms with Crippen LogP contribution < -0.4 is 5.32 Å². The maximum atomic E-state index is 12.7. The number of aliphatic hydroxyl groups is 1. The zero-order chi connectivity index (χ0) is 15.2. The van der Waals surface area contributed by atoms with Crippen LogP contribution in [0.5, 0.6) is 0 Å². The maximum Gasteiger partial charge on any atom is 0.270 e. The number of hydrogen-bond acceptors (Lipinski definition) is 3. The first-order chi connectivity index (χ1) is 10.2. The lowest BCUT2D eigenvalue weighted by Gasteiger charge is -2.25. The predicted octanol–water partition coefficient (Wildman–Crippen LogP) is 1.74. The summed E-state index contributed by atoms with van der Waals surface area (Å²) in [6.07, 6.45) is 4.95. The molecule has 118 valence electrons. The van der Waals surface area contributed by atoms with E-state index in [0.717, 1.165) is 32.4 Å². The van der Waals surface area contributed by atoms with Crippen molar-refractivity contribution in [1.82, 2.24) is 14.8 Å². The molecule has 1 amide bonds. The number of hydrogen-bond donors (Lipinski definition) is 2. The molecule has 5 nitrogen and oxygen atoms in total. The number of aliphatic hydroxyl groups excluding tert-OH is 1.